The monoisotopic (exact) mass is 285 g/mol. The van der Waals surface area contributed by atoms with E-state index in [4.69, 9.17) is 10.1 Å². The van der Waals surface area contributed by atoms with Crippen LogP contribution in [0.2, 0.25) is 0 Å². The van der Waals surface area contributed by atoms with Crippen molar-refractivity contribution in [1.82, 2.24) is 5.32 Å². The summed E-state index contributed by atoms with van der Waals surface area (Å²) < 4.78 is 9.44. The van der Waals surface area contributed by atoms with Crippen LogP contribution in [0.25, 0.3) is 0 Å². The summed E-state index contributed by atoms with van der Waals surface area (Å²) in [5.41, 5.74) is -0.0932. The molecular weight excluding hydrogens is 274 g/mol. The lowest BCUT2D eigenvalue weighted by molar-refractivity contribution is -0.385. The number of methoxy groups -OCH3 is 1. The Morgan fingerprint density at radius 3 is 2.68 bits per heavy atom. The average Bonchev–Trinajstić information content (AvgIpc) is 2.37. The number of carbonyl (C=O) groups excluding carboxylic acids is 1. The third kappa shape index (κ3) is 3.93. The number of nitrogens with one attached hydrogen (secondary N) is 2. The van der Waals surface area contributed by atoms with E-state index in [1.54, 1.807) is 0 Å². The first kappa shape index (κ1) is 14.9. The minimum atomic E-state index is -0.608. The Morgan fingerprint density at radius 1 is 1.47 bits per heavy atom. The number of hydrogen-bond donors (Lipinski definition) is 2. The molecule has 19 heavy (non-hydrogen) atoms. The van der Waals surface area contributed by atoms with E-state index in [0.29, 0.717) is 12.0 Å². The van der Waals surface area contributed by atoms with Gasteiger partial charge in [0.1, 0.15) is 0 Å². The van der Waals surface area contributed by atoms with Crippen LogP contribution in [0.3, 0.4) is 0 Å². The van der Waals surface area contributed by atoms with Crippen molar-refractivity contribution in [3.8, 4) is 5.75 Å². The third-order valence-corrected chi connectivity index (χ3v) is 2.47. The second-order valence-electron chi connectivity index (χ2n) is 3.18. The van der Waals surface area contributed by atoms with E-state index in [1.165, 1.54) is 32.4 Å². The maximum Gasteiger partial charge on any atom is 0.310 e. The number of nitro groups is 1. The first-order valence-corrected chi connectivity index (χ1v) is 5.66. The number of nitro benzene ring substituents is 1. The Bertz CT molecular complexity index is 520. The van der Waals surface area contributed by atoms with Crippen molar-refractivity contribution in [2.45, 2.75) is 0 Å². The molecule has 0 radical (unpaired) electrons. The molecule has 0 spiro atoms. The smallest absolute Gasteiger partial charge is 0.310 e. The van der Waals surface area contributed by atoms with Gasteiger partial charge < -0.3 is 8.92 Å². The van der Waals surface area contributed by atoms with Crippen LogP contribution in [0.5, 0.6) is 5.75 Å². The normalized spacial score (nSPS) is 9.79. The van der Waals surface area contributed by atoms with Gasteiger partial charge in [-0.05, 0) is 6.07 Å². The van der Waals surface area contributed by atoms with Gasteiger partial charge in [0.2, 0.25) is 0 Å². The Balaban J connectivity index is 2.93. The summed E-state index contributed by atoms with van der Waals surface area (Å²) in [7, 11) is 2.63. The molecule has 0 saturated heterocycles. The fraction of sp³-hybridized carbons (Fsp3) is 0.200. The molecule has 1 aromatic carbocycles. The van der Waals surface area contributed by atoms with Crippen LogP contribution in [0.15, 0.2) is 18.2 Å². The van der Waals surface area contributed by atoms with Crippen molar-refractivity contribution < 1.29 is 18.6 Å². The number of amidine groups is 1. The number of rotatable bonds is 4. The average molecular weight is 285 g/mol. The summed E-state index contributed by atoms with van der Waals surface area (Å²) in [6.07, 6.45) is 0. The van der Waals surface area contributed by atoms with Crippen molar-refractivity contribution in [2.75, 3.05) is 14.2 Å². The van der Waals surface area contributed by atoms with E-state index in [2.05, 4.69) is 9.50 Å². The Hall–Kier alpha value is -2.13. The zero-order chi connectivity index (χ0) is 14.4. The Morgan fingerprint density at radius 2 is 2.16 bits per heavy atom. The quantitative estimate of drug-likeness (QED) is 0.285. The fourth-order valence-electron chi connectivity index (χ4n) is 1.25. The van der Waals surface area contributed by atoms with Crippen molar-refractivity contribution in [3.63, 3.8) is 0 Å². The van der Waals surface area contributed by atoms with Gasteiger partial charge >= 0.3 is 5.69 Å². The molecule has 9 heteroatoms. The van der Waals surface area contributed by atoms with Crippen molar-refractivity contribution in [2.24, 2.45) is 0 Å². The Labute approximate surface area is 113 Å². The largest absolute Gasteiger partial charge is 0.490 e. The predicted molar refractivity (Wildman–Crippen MR) is 69.4 cm³/mol. The molecule has 0 unspecified atom stereocenters. The topological polar surface area (TPSA) is 115 Å². The molecule has 2 N–H and O–H groups in total. The zero-order valence-corrected chi connectivity index (χ0v) is 10.9. The lowest BCUT2D eigenvalue weighted by Crippen LogP contribution is -2.27. The van der Waals surface area contributed by atoms with Gasteiger partial charge in [0.15, 0.2) is 10.9 Å². The standard InChI is InChI=1S/C10H11N3O5S/c1-17-8-5-6(3-4-7(8)13(15)16)9(14)12-10(11)19-18-2/h3-5H,1-2H3,(H2,11,12,14). The summed E-state index contributed by atoms with van der Waals surface area (Å²) in [6.45, 7) is 0. The van der Waals surface area contributed by atoms with Gasteiger partial charge in [-0.25, -0.2) is 0 Å². The molecule has 1 aromatic rings. The SMILES string of the molecule is COSC(=N)NC(=O)c1ccc([N+](=O)[O-])c(OC)c1. The first-order chi connectivity index (χ1) is 8.99. The van der Waals surface area contributed by atoms with Crippen LogP contribution < -0.4 is 10.1 Å². The number of carbonyl (C=O) groups is 1. The molecule has 0 fully saturated rings. The fourth-order valence-corrected chi connectivity index (χ4v) is 1.55. The molecule has 0 bridgehead atoms. The molecular formula is C10H11N3O5S. The van der Waals surface area contributed by atoms with Gasteiger partial charge in [-0.15, -0.1) is 0 Å². The second kappa shape index (κ2) is 6.71. The molecule has 0 aliphatic heterocycles. The van der Waals surface area contributed by atoms with Crippen LogP contribution in [0.1, 0.15) is 10.4 Å². The van der Waals surface area contributed by atoms with Crippen LogP contribution in [0, 0.1) is 15.5 Å². The lowest BCUT2D eigenvalue weighted by Gasteiger charge is -2.06. The summed E-state index contributed by atoms with van der Waals surface area (Å²) in [6, 6.07) is 3.68. The number of amides is 1. The van der Waals surface area contributed by atoms with Crippen LogP contribution in [-0.2, 0) is 4.18 Å². The first-order valence-electron chi connectivity index (χ1n) is 4.92. The summed E-state index contributed by atoms with van der Waals surface area (Å²) >= 11 is 0.684. The van der Waals surface area contributed by atoms with Gasteiger partial charge in [-0.3, -0.25) is 25.6 Å². The summed E-state index contributed by atoms with van der Waals surface area (Å²) in [5.74, 6) is -0.605. The molecule has 0 aliphatic rings. The molecule has 0 aliphatic carbocycles. The van der Waals surface area contributed by atoms with E-state index < -0.39 is 10.8 Å². The highest BCUT2D eigenvalue weighted by molar-refractivity contribution is 8.09. The minimum absolute atomic E-state index is 0.0245. The summed E-state index contributed by atoms with van der Waals surface area (Å²) in [5, 5.41) is 20.1. The van der Waals surface area contributed by atoms with Gasteiger partial charge in [0.25, 0.3) is 5.91 Å². The summed E-state index contributed by atoms with van der Waals surface area (Å²) in [4.78, 5) is 21.8. The number of hydrogen-bond acceptors (Lipinski definition) is 7. The van der Waals surface area contributed by atoms with Crippen LogP contribution in [0.4, 0.5) is 5.69 Å². The minimum Gasteiger partial charge on any atom is -0.490 e. The van der Waals surface area contributed by atoms with E-state index >= 15 is 0 Å². The van der Waals surface area contributed by atoms with E-state index in [-0.39, 0.29) is 22.2 Å². The van der Waals surface area contributed by atoms with Gasteiger partial charge in [0.05, 0.1) is 31.2 Å². The molecule has 1 amide bonds. The zero-order valence-electron chi connectivity index (χ0n) is 10.1. The molecule has 8 nitrogen and oxygen atoms in total. The number of nitrogens with zero attached hydrogens (tertiary/aromatic N) is 1. The van der Waals surface area contributed by atoms with Gasteiger partial charge in [-0.2, -0.15) is 0 Å². The van der Waals surface area contributed by atoms with E-state index in [9.17, 15) is 14.9 Å². The maximum atomic E-state index is 11.7. The van der Waals surface area contributed by atoms with Crippen molar-refractivity contribution >= 4 is 28.8 Å². The van der Waals surface area contributed by atoms with Crippen molar-refractivity contribution in [3.05, 3.63) is 33.9 Å². The van der Waals surface area contributed by atoms with Crippen LogP contribution in [-0.4, -0.2) is 30.2 Å². The van der Waals surface area contributed by atoms with Gasteiger partial charge in [-0.1, -0.05) is 0 Å². The molecule has 0 atom stereocenters. The molecule has 1 rings (SSSR count). The number of benzene rings is 1. The number of ether oxygens (including phenoxy) is 1. The highest BCUT2D eigenvalue weighted by atomic mass is 32.2. The van der Waals surface area contributed by atoms with Gasteiger partial charge in [0, 0.05) is 17.7 Å². The van der Waals surface area contributed by atoms with Crippen molar-refractivity contribution in [1.29, 1.82) is 5.41 Å². The molecule has 0 aromatic heterocycles. The predicted octanol–water partition coefficient (Wildman–Crippen LogP) is 1.56. The molecule has 102 valence electrons. The van der Waals surface area contributed by atoms with Crippen LogP contribution >= 0.6 is 12.0 Å². The lowest BCUT2D eigenvalue weighted by atomic mass is 10.2. The molecule has 0 saturated carbocycles. The highest BCUT2D eigenvalue weighted by Crippen LogP contribution is 2.27. The van der Waals surface area contributed by atoms with E-state index in [0.717, 1.165) is 0 Å². The van der Waals surface area contributed by atoms with E-state index in [1.807, 2.05) is 0 Å². The Kier molecular flexibility index (Phi) is 5.27. The third-order valence-electron chi connectivity index (χ3n) is 2.03. The second-order valence-corrected chi connectivity index (χ2v) is 4.09. The molecule has 0 heterocycles. The highest BCUT2D eigenvalue weighted by Gasteiger charge is 2.18. The maximum absolute atomic E-state index is 11.7.